The van der Waals surface area contributed by atoms with E-state index < -0.39 is 0 Å². The minimum atomic E-state index is -0.288. The molecule has 2 aromatic rings. The van der Waals surface area contributed by atoms with Gasteiger partial charge in [0.05, 0.1) is 11.2 Å². The van der Waals surface area contributed by atoms with E-state index in [1.54, 1.807) is 11.3 Å². The van der Waals surface area contributed by atoms with Crippen LogP contribution in [0.3, 0.4) is 0 Å². The zero-order valence-electron chi connectivity index (χ0n) is 10.6. The van der Waals surface area contributed by atoms with Gasteiger partial charge in [-0.2, -0.15) is 0 Å². The summed E-state index contributed by atoms with van der Waals surface area (Å²) in [6, 6.07) is 8.13. The number of halogens is 1. The lowest BCUT2D eigenvalue weighted by Crippen LogP contribution is -2.34. The fourth-order valence-corrected chi connectivity index (χ4v) is 3.41. The Balaban J connectivity index is 2.40. The van der Waals surface area contributed by atoms with Gasteiger partial charge in [-0.1, -0.05) is 48.0 Å². The zero-order chi connectivity index (χ0) is 13.2. The fourth-order valence-electron chi connectivity index (χ4n) is 1.85. The van der Waals surface area contributed by atoms with E-state index in [2.05, 4.69) is 41.2 Å². The minimum Gasteiger partial charge on any atom is -0.319 e. The summed E-state index contributed by atoms with van der Waals surface area (Å²) in [4.78, 5) is 4.72. The van der Waals surface area contributed by atoms with Crippen molar-refractivity contribution in [2.75, 3.05) is 0 Å². The molecule has 0 amide bonds. The summed E-state index contributed by atoms with van der Waals surface area (Å²) in [6.07, 6.45) is 1.82. The first kappa shape index (κ1) is 13.7. The van der Waals surface area contributed by atoms with E-state index in [-0.39, 0.29) is 5.54 Å². The zero-order valence-corrected chi connectivity index (χ0v) is 13.0. The molecule has 1 aromatic carbocycles. The first-order chi connectivity index (χ1) is 8.60. The van der Waals surface area contributed by atoms with Crippen LogP contribution in [0.2, 0.25) is 0 Å². The topological polar surface area (TPSA) is 38.9 Å². The van der Waals surface area contributed by atoms with Crippen LogP contribution in [-0.2, 0) is 5.54 Å². The molecule has 0 spiro atoms. The molecule has 4 heteroatoms. The van der Waals surface area contributed by atoms with Gasteiger partial charge in [-0.15, -0.1) is 11.3 Å². The van der Waals surface area contributed by atoms with Crippen LogP contribution in [0.25, 0.3) is 11.3 Å². The van der Waals surface area contributed by atoms with Gasteiger partial charge in [-0.3, -0.25) is 0 Å². The summed E-state index contributed by atoms with van der Waals surface area (Å²) in [5.41, 5.74) is 8.22. The normalized spacial score (nSPS) is 11.8. The second-order valence-electron chi connectivity index (χ2n) is 4.38. The SMILES string of the molecule is CCC(N)(CC)c1nc(-c2ccccc2Br)cs1. The van der Waals surface area contributed by atoms with Gasteiger partial charge in [0, 0.05) is 15.4 Å². The van der Waals surface area contributed by atoms with Gasteiger partial charge in [0.25, 0.3) is 0 Å². The molecule has 0 aliphatic carbocycles. The molecule has 0 saturated heterocycles. The Morgan fingerprint density at radius 3 is 2.56 bits per heavy atom. The highest BCUT2D eigenvalue weighted by molar-refractivity contribution is 9.10. The van der Waals surface area contributed by atoms with Gasteiger partial charge in [-0.25, -0.2) is 4.98 Å². The Hall–Kier alpha value is -0.710. The molecule has 0 radical (unpaired) electrons. The van der Waals surface area contributed by atoms with Gasteiger partial charge in [0.2, 0.25) is 0 Å². The van der Waals surface area contributed by atoms with E-state index in [1.807, 2.05) is 18.2 Å². The number of rotatable bonds is 4. The lowest BCUT2D eigenvalue weighted by Gasteiger charge is -2.23. The minimum absolute atomic E-state index is 0.288. The molecule has 96 valence electrons. The first-order valence-electron chi connectivity index (χ1n) is 6.10. The molecule has 2 rings (SSSR count). The Bertz CT molecular complexity index is 532. The third-order valence-corrected chi connectivity index (χ3v) is 5.10. The smallest absolute Gasteiger partial charge is 0.113 e. The molecule has 0 atom stereocenters. The molecule has 0 saturated carbocycles. The van der Waals surface area contributed by atoms with E-state index in [1.165, 1.54) is 0 Å². The van der Waals surface area contributed by atoms with Crippen LogP contribution in [0.1, 0.15) is 31.7 Å². The van der Waals surface area contributed by atoms with E-state index >= 15 is 0 Å². The number of hydrogen-bond acceptors (Lipinski definition) is 3. The molecule has 2 N–H and O–H groups in total. The van der Waals surface area contributed by atoms with Crippen molar-refractivity contribution in [3.63, 3.8) is 0 Å². The molecule has 18 heavy (non-hydrogen) atoms. The predicted octanol–water partition coefficient (Wildman–Crippen LogP) is 4.55. The molecule has 1 aromatic heterocycles. The highest BCUT2D eigenvalue weighted by atomic mass is 79.9. The number of nitrogens with zero attached hydrogens (tertiary/aromatic N) is 1. The molecule has 0 bridgehead atoms. The summed E-state index contributed by atoms with van der Waals surface area (Å²) in [7, 11) is 0. The van der Waals surface area contributed by atoms with Crippen molar-refractivity contribution in [3.8, 4) is 11.3 Å². The van der Waals surface area contributed by atoms with Gasteiger partial charge in [-0.05, 0) is 18.9 Å². The molecule has 0 unspecified atom stereocenters. The van der Waals surface area contributed by atoms with Crippen molar-refractivity contribution in [3.05, 3.63) is 39.1 Å². The van der Waals surface area contributed by atoms with E-state index in [0.29, 0.717) is 0 Å². The average Bonchev–Trinajstić information content (AvgIpc) is 2.88. The van der Waals surface area contributed by atoms with Crippen LogP contribution in [0.5, 0.6) is 0 Å². The lowest BCUT2D eigenvalue weighted by atomic mass is 9.95. The van der Waals surface area contributed by atoms with Crippen LogP contribution >= 0.6 is 27.3 Å². The Kier molecular flexibility index (Phi) is 4.20. The van der Waals surface area contributed by atoms with Crippen molar-refractivity contribution < 1.29 is 0 Å². The van der Waals surface area contributed by atoms with Crippen LogP contribution in [0.4, 0.5) is 0 Å². The molecule has 1 heterocycles. The number of hydrogen-bond donors (Lipinski definition) is 1. The maximum Gasteiger partial charge on any atom is 0.113 e. The standard InChI is InChI=1S/C14H17BrN2S/c1-3-14(16,4-2)13-17-12(9-18-13)10-7-5-6-8-11(10)15/h5-9H,3-4,16H2,1-2H3. The van der Waals surface area contributed by atoms with Crippen LogP contribution in [-0.4, -0.2) is 4.98 Å². The summed E-state index contributed by atoms with van der Waals surface area (Å²) < 4.78 is 1.07. The second-order valence-corrected chi connectivity index (χ2v) is 6.09. The quantitative estimate of drug-likeness (QED) is 0.896. The maximum absolute atomic E-state index is 6.38. The van der Waals surface area contributed by atoms with Gasteiger partial charge in [0.1, 0.15) is 5.01 Å². The highest BCUT2D eigenvalue weighted by Gasteiger charge is 2.26. The number of nitrogens with two attached hydrogens (primary N) is 1. The largest absolute Gasteiger partial charge is 0.319 e. The van der Waals surface area contributed by atoms with Crippen molar-refractivity contribution in [1.82, 2.24) is 4.98 Å². The van der Waals surface area contributed by atoms with Crippen LogP contribution < -0.4 is 5.73 Å². The van der Waals surface area contributed by atoms with Gasteiger partial charge < -0.3 is 5.73 Å². The number of thiazole rings is 1. The van der Waals surface area contributed by atoms with Gasteiger partial charge in [0.15, 0.2) is 0 Å². The first-order valence-corrected chi connectivity index (χ1v) is 7.77. The highest BCUT2D eigenvalue weighted by Crippen LogP contribution is 2.34. The number of benzene rings is 1. The van der Waals surface area contributed by atoms with Crippen molar-refractivity contribution in [2.45, 2.75) is 32.2 Å². The maximum atomic E-state index is 6.38. The van der Waals surface area contributed by atoms with E-state index in [9.17, 15) is 0 Å². The Labute approximate surface area is 120 Å². The Morgan fingerprint density at radius 1 is 1.28 bits per heavy atom. The molecular formula is C14H17BrN2S. The monoisotopic (exact) mass is 324 g/mol. The van der Waals surface area contributed by atoms with Gasteiger partial charge >= 0.3 is 0 Å². The second kappa shape index (κ2) is 5.51. The fraction of sp³-hybridized carbons (Fsp3) is 0.357. The summed E-state index contributed by atoms with van der Waals surface area (Å²) in [5.74, 6) is 0. The molecular weight excluding hydrogens is 308 g/mol. The third kappa shape index (κ3) is 2.51. The number of aromatic nitrogens is 1. The van der Waals surface area contributed by atoms with Crippen LogP contribution in [0, 0.1) is 0 Å². The molecule has 2 nitrogen and oxygen atoms in total. The van der Waals surface area contributed by atoms with Crippen LogP contribution in [0.15, 0.2) is 34.1 Å². The van der Waals surface area contributed by atoms with E-state index in [0.717, 1.165) is 33.6 Å². The lowest BCUT2D eigenvalue weighted by molar-refractivity contribution is 0.411. The van der Waals surface area contributed by atoms with Crippen molar-refractivity contribution >= 4 is 27.3 Å². The summed E-state index contributed by atoms with van der Waals surface area (Å²) in [5, 5.41) is 3.11. The van der Waals surface area contributed by atoms with Crippen molar-refractivity contribution in [2.24, 2.45) is 5.73 Å². The molecule has 0 aliphatic rings. The molecule has 0 fully saturated rings. The third-order valence-electron chi connectivity index (χ3n) is 3.34. The average molecular weight is 325 g/mol. The summed E-state index contributed by atoms with van der Waals surface area (Å²) in [6.45, 7) is 4.23. The van der Waals surface area contributed by atoms with E-state index in [4.69, 9.17) is 10.7 Å². The molecule has 0 aliphatic heterocycles. The summed E-state index contributed by atoms with van der Waals surface area (Å²) >= 11 is 5.21. The Morgan fingerprint density at radius 2 is 1.94 bits per heavy atom. The predicted molar refractivity (Wildman–Crippen MR) is 81.7 cm³/mol. The van der Waals surface area contributed by atoms with Crippen molar-refractivity contribution in [1.29, 1.82) is 0 Å².